The molecule has 2 amide bonds. The number of nitrogens with one attached hydrogen (secondary N) is 2. The van der Waals surface area contributed by atoms with Crippen molar-refractivity contribution in [3.8, 4) is 0 Å². The molecule has 2 aromatic rings. The first-order valence-corrected chi connectivity index (χ1v) is 7.11. The topological polar surface area (TPSA) is 80.0 Å². The molecule has 0 saturated heterocycles. The molecule has 2 heterocycles. The van der Waals surface area contributed by atoms with Gasteiger partial charge in [-0.2, -0.15) is 0 Å². The van der Waals surface area contributed by atoms with Crippen molar-refractivity contribution in [2.75, 3.05) is 0 Å². The predicted octanol–water partition coefficient (Wildman–Crippen LogP) is 2.25. The second-order valence-electron chi connectivity index (χ2n) is 5.17. The minimum atomic E-state index is -0.190. The number of aryl methyl sites for hydroxylation is 2. The molecule has 1 atom stereocenters. The number of urea groups is 1. The molecular formula is C15H18N4O2. The van der Waals surface area contributed by atoms with E-state index in [2.05, 4.69) is 20.6 Å². The summed E-state index contributed by atoms with van der Waals surface area (Å²) in [6, 6.07) is 3.57. The van der Waals surface area contributed by atoms with Crippen molar-refractivity contribution in [2.24, 2.45) is 0 Å². The van der Waals surface area contributed by atoms with Gasteiger partial charge in [-0.05, 0) is 31.9 Å². The molecule has 0 aliphatic heterocycles. The van der Waals surface area contributed by atoms with Crippen molar-refractivity contribution >= 4 is 6.03 Å². The SMILES string of the molecule is Cc1nccc(CNC(=O)NC2CCCc3occc32)n1. The third kappa shape index (κ3) is 3.21. The zero-order valence-electron chi connectivity index (χ0n) is 11.9. The summed E-state index contributed by atoms with van der Waals surface area (Å²) in [6.45, 7) is 2.21. The van der Waals surface area contributed by atoms with Gasteiger partial charge in [0.2, 0.25) is 0 Å². The van der Waals surface area contributed by atoms with E-state index < -0.39 is 0 Å². The maximum absolute atomic E-state index is 12.0. The van der Waals surface area contributed by atoms with E-state index >= 15 is 0 Å². The molecule has 0 fully saturated rings. The van der Waals surface area contributed by atoms with Crippen LogP contribution in [0.2, 0.25) is 0 Å². The Hall–Kier alpha value is -2.37. The van der Waals surface area contributed by atoms with Crippen LogP contribution in [0, 0.1) is 6.92 Å². The average Bonchev–Trinajstić information content (AvgIpc) is 2.95. The van der Waals surface area contributed by atoms with Crippen LogP contribution < -0.4 is 10.6 Å². The summed E-state index contributed by atoms with van der Waals surface area (Å²) < 4.78 is 5.42. The number of furan rings is 1. The van der Waals surface area contributed by atoms with Crippen LogP contribution in [0.15, 0.2) is 29.0 Å². The highest BCUT2D eigenvalue weighted by molar-refractivity contribution is 5.74. The number of hydrogen-bond acceptors (Lipinski definition) is 4. The van der Waals surface area contributed by atoms with Crippen molar-refractivity contribution < 1.29 is 9.21 Å². The van der Waals surface area contributed by atoms with Crippen molar-refractivity contribution in [3.05, 3.63) is 47.4 Å². The van der Waals surface area contributed by atoms with E-state index in [-0.39, 0.29) is 12.1 Å². The Morgan fingerprint density at radius 3 is 3.24 bits per heavy atom. The number of amides is 2. The lowest BCUT2D eigenvalue weighted by molar-refractivity contribution is 0.234. The standard InChI is InChI=1S/C15H18N4O2/c1-10-16-7-5-11(18-10)9-17-15(20)19-13-3-2-4-14-12(13)6-8-21-14/h5-8,13H,2-4,9H2,1H3,(H2,17,19,20). The van der Waals surface area contributed by atoms with Crippen LogP contribution in [0.5, 0.6) is 0 Å². The lowest BCUT2D eigenvalue weighted by Crippen LogP contribution is -2.38. The third-order valence-electron chi connectivity index (χ3n) is 3.62. The molecule has 6 nitrogen and oxygen atoms in total. The number of fused-ring (bicyclic) bond motifs is 1. The normalized spacial score (nSPS) is 17.1. The summed E-state index contributed by atoms with van der Waals surface area (Å²) in [6.07, 6.45) is 6.29. The minimum Gasteiger partial charge on any atom is -0.469 e. The van der Waals surface area contributed by atoms with Gasteiger partial charge in [0, 0.05) is 18.2 Å². The number of nitrogens with zero attached hydrogens (tertiary/aromatic N) is 2. The molecule has 1 aliphatic carbocycles. The van der Waals surface area contributed by atoms with Crippen LogP contribution in [0.1, 0.15) is 41.7 Å². The van der Waals surface area contributed by atoms with Crippen LogP contribution in [-0.4, -0.2) is 16.0 Å². The van der Waals surface area contributed by atoms with Gasteiger partial charge in [0.05, 0.1) is 24.5 Å². The molecule has 0 radical (unpaired) electrons. The van der Waals surface area contributed by atoms with Gasteiger partial charge in [-0.1, -0.05) is 0 Å². The van der Waals surface area contributed by atoms with E-state index in [0.29, 0.717) is 12.4 Å². The van der Waals surface area contributed by atoms with Gasteiger partial charge in [0.25, 0.3) is 0 Å². The molecule has 2 N–H and O–H groups in total. The zero-order chi connectivity index (χ0) is 14.7. The average molecular weight is 286 g/mol. The lowest BCUT2D eigenvalue weighted by atomic mass is 9.93. The number of rotatable bonds is 3. The van der Waals surface area contributed by atoms with E-state index in [1.165, 1.54) is 0 Å². The summed E-state index contributed by atoms with van der Waals surface area (Å²) in [5.41, 5.74) is 1.89. The number of carbonyl (C=O) groups is 1. The number of carbonyl (C=O) groups excluding carboxylic acids is 1. The molecule has 0 aromatic carbocycles. The monoisotopic (exact) mass is 286 g/mol. The molecule has 3 rings (SSSR count). The summed E-state index contributed by atoms with van der Waals surface area (Å²) in [4.78, 5) is 20.3. The third-order valence-corrected chi connectivity index (χ3v) is 3.62. The Morgan fingerprint density at radius 2 is 2.38 bits per heavy atom. The van der Waals surface area contributed by atoms with Gasteiger partial charge >= 0.3 is 6.03 Å². The molecular weight excluding hydrogens is 268 g/mol. The summed E-state index contributed by atoms with van der Waals surface area (Å²) >= 11 is 0. The minimum absolute atomic E-state index is 0.0274. The highest BCUT2D eigenvalue weighted by Crippen LogP contribution is 2.30. The Kier molecular flexibility index (Phi) is 3.85. The van der Waals surface area contributed by atoms with Crippen LogP contribution in [0.25, 0.3) is 0 Å². The molecule has 2 aromatic heterocycles. The Balaban J connectivity index is 1.56. The van der Waals surface area contributed by atoms with Crippen LogP contribution in [0.3, 0.4) is 0 Å². The van der Waals surface area contributed by atoms with Crippen molar-refractivity contribution in [1.82, 2.24) is 20.6 Å². The molecule has 110 valence electrons. The Morgan fingerprint density at radius 1 is 1.48 bits per heavy atom. The highest BCUT2D eigenvalue weighted by atomic mass is 16.3. The molecule has 1 unspecified atom stereocenters. The van der Waals surface area contributed by atoms with E-state index in [0.717, 1.165) is 36.3 Å². The second kappa shape index (κ2) is 5.95. The second-order valence-corrected chi connectivity index (χ2v) is 5.17. The summed E-state index contributed by atoms with van der Waals surface area (Å²) in [5, 5.41) is 5.82. The fourth-order valence-electron chi connectivity index (χ4n) is 2.62. The zero-order valence-corrected chi connectivity index (χ0v) is 11.9. The summed E-state index contributed by atoms with van der Waals surface area (Å²) in [5.74, 6) is 1.68. The van der Waals surface area contributed by atoms with E-state index in [4.69, 9.17) is 4.42 Å². The van der Waals surface area contributed by atoms with E-state index in [1.54, 1.807) is 18.5 Å². The fourth-order valence-corrected chi connectivity index (χ4v) is 2.62. The smallest absolute Gasteiger partial charge is 0.315 e. The Bertz CT molecular complexity index is 638. The quantitative estimate of drug-likeness (QED) is 0.907. The predicted molar refractivity (Wildman–Crippen MR) is 76.5 cm³/mol. The summed E-state index contributed by atoms with van der Waals surface area (Å²) in [7, 11) is 0. The van der Waals surface area contributed by atoms with Crippen LogP contribution in [-0.2, 0) is 13.0 Å². The molecule has 0 spiro atoms. The van der Waals surface area contributed by atoms with Gasteiger partial charge in [-0.25, -0.2) is 14.8 Å². The lowest BCUT2D eigenvalue weighted by Gasteiger charge is -2.22. The molecule has 0 saturated carbocycles. The largest absolute Gasteiger partial charge is 0.469 e. The fraction of sp³-hybridized carbons (Fsp3) is 0.400. The highest BCUT2D eigenvalue weighted by Gasteiger charge is 2.23. The molecule has 21 heavy (non-hydrogen) atoms. The molecule has 6 heteroatoms. The van der Waals surface area contributed by atoms with Gasteiger partial charge < -0.3 is 15.1 Å². The van der Waals surface area contributed by atoms with Gasteiger partial charge in [-0.3, -0.25) is 0 Å². The van der Waals surface area contributed by atoms with Gasteiger partial charge in [0.15, 0.2) is 0 Å². The molecule has 0 bridgehead atoms. The Labute approximate surface area is 123 Å². The van der Waals surface area contributed by atoms with E-state index in [1.807, 2.05) is 13.0 Å². The van der Waals surface area contributed by atoms with Crippen LogP contribution >= 0.6 is 0 Å². The van der Waals surface area contributed by atoms with Crippen molar-refractivity contribution in [3.63, 3.8) is 0 Å². The van der Waals surface area contributed by atoms with Crippen molar-refractivity contribution in [2.45, 2.75) is 38.8 Å². The molecule has 1 aliphatic rings. The van der Waals surface area contributed by atoms with Gasteiger partial charge in [0.1, 0.15) is 11.6 Å². The number of aromatic nitrogens is 2. The maximum atomic E-state index is 12.0. The first-order chi connectivity index (χ1) is 10.2. The first kappa shape index (κ1) is 13.6. The van der Waals surface area contributed by atoms with E-state index in [9.17, 15) is 4.79 Å². The first-order valence-electron chi connectivity index (χ1n) is 7.11. The van der Waals surface area contributed by atoms with Crippen molar-refractivity contribution in [1.29, 1.82) is 0 Å². The van der Waals surface area contributed by atoms with Gasteiger partial charge in [-0.15, -0.1) is 0 Å². The number of hydrogen-bond donors (Lipinski definition) is 2. The maximum Gasteiger partial charge on any atom is 0.315 e. The van der Waals surface area contributed by atoms with Crippen LogP contribution in [0.4, 0.5) is 4.79 Å².